The summed E-state index contributed by atoms with van der Waals surface area (Å²) in [5.41, 5.74) is 5.47. The van der Waals surface area contributed by atoms with Crippen molar-refractivity contribution in [2.45, 2.75) is 57.7 Å². The zero-order valence-electron chi connectivity index (χ0n) is 16.5. The molecule has 142 valence electrons. The molecule has 6 nitrogen and oxygen atoms in total. The molecule has 0 radical (unpaired) electrons. The van der Waals surface area contributed by atoms with Crippen LogP contribution in [-0.2, 0) is 0 Å². The quantitative estimate of drug-likeness (QED) is 0.619. The van der Waals surface area contributed by atoms with Gasteiger partial charge in [0.05, 0.1) is 11.8 Å². The van der Waals surface area contributed by atoms with Gasteiger partial charge in [-0.3, -0.25) is 5.10 Å². The van der Waals surface area contributed by atoms with Gasteiger partial charge < -0.3 is 10.2 Å². The van der Waals surface area contributed by atoms with E-state index in [0.29, 0.717) is 5.92 Å². The first-order valence-corrected chi connectivity index (χ1v) is 13.5. The van der Waals surface area contributed by atoms with Crippen LogP contribution in [0.15, 0.2) is 12.3 Å². The van der Waals surface area contributed by atoms with Crippen LogP contribution in [0.2, 0.25) is 19.6 Å². The van der Waals surface area contributed by atoms with E-state index in [9.17, 15) is 0 Å². The van der Waals surface area contributed by atoms with Crippen LogP contribution in [0.25, 0.3) is 0 Å². The highest BCUT2D eigenvalue weighted by Crippen LogP contribution is 2.39. The third-order valence-electron chi connectivity index (χ3n) is 4.85. The average Bonchev–Trinajstić information content (AvgIpc) is 3.40. The molecule has 0 bridgehead atoms. The second-order valence-electron chi connectivity index (χ2n) is 8.59. The smallest absolute Gasteiger partial charge is 0.227 e. The van der Waals surface area contributed by atoms with Crippen LogP contribution in [0.3, 0.4) is 0 Å². The van der Waals surface area contributed by atoms with E-state index >= 15 is 0 Å². The predicted octanol–water partition coefficient (Wildman–Crippen LogP) is 4.04. The Bertz CT molecular complexity index is 863. The van der Waals surface area contributed by atoms with Crippen molar-refractivity contribution in [3.05, 3.63) is 23.5 Å². The largest absolute Gasteiger partial charge is 0.341 e. The fraction of sp³-hybridized carbons (Fsp3) is 0.550. The number of nitrogens with one attached hydrogen (secondary N) is 2. The molecule has 27 heavy (non-hydrogen) atoms. The predicted molar refractivity (Wildman–Crippen MR) is 112 cm³/mol. The topological polar surface area (TPSA) is 69.7 Å². The molecule has 2 fully saturated rings. The summed E-state index contributed by atoms with van der Waals surface area (Å²) in [5.74, 6) is 6.30. The van der Waals surface area contributed by atoms with Gasteiger partial charge in [0.1, 0.15) is 8.07 Å². The Balaban J connectivity index is 1.63. The first kappa shape index (κ1) is 18.0. The van der Waals surface area contributed by atoms with Gasteiger partial charge in [0, 0.05) is 30.8 Å². The van der Waals surface area contributed by atoms with Gasteiger partial charge in [-0.1, -0.05) is 25.6 Å². The van der Waals surface area contributed by atoms with Crippen molar-refractivity contribution in [3.63, 3.8) is 0 Å². The molecule has 7 heteroatoms. The summed E-state index contributed by atoms with van der Waals surface area (Å²) >= 11 is 0. The molecule has 2 aromatic rings. The summed E-state index contributed by atoms with van der Waals surface area (Å²) < 4.78 is 0. The number of anilines is 3. The molecule has 3 heterocycles. The van der Waals surface area contributed by atoms with Crippen molar-refractivity contribution in [2.24, 2.45) is 0 Å². The van der Waals surface area contributed by atoms with E-state index in [1.165, 1.54) is 37.8 Å². The second-order valence-corrected chi connectivity index (χ2v) is 13.3. The lowest BCUT2D eigenvalue weighted by atomic mass is 10.1. The molecule has 2 N–H and O–H groups in total. The highest BCUT2D eigenvalue weighted by atomic mass is 28.3. The summed E-state index contributed by atoms with van der Waals surface area (Å²) in [6.45, 7) is 8.77. The number of nitrogens with zero attached hydrogens (tertiary/aromatic N) is 4. The standard InChI is InChI=1S/C20H28N6Si/c1-27(2,3)12-9-16-14-21-20(26-10-5-4-6-11-26)23-19(16)22-18-13-17(24-25-18)15-7-8-15/h13-15H,4-8,10-11H2,1-3H3,(H2,21,22,23,24,25). The summed E-state index contributed by atoms with van der Waals surface area (Å²) in [6, 6.07) is 2.09. The van der Waals surface area contributed by atoms with Crippen LogP contribution >= 0.6 is 0 Å². The van der Waals surface area contributed by atoms with Gasteiger partial charge in [0.15, 0.2) is 11.6 Å². The monoisotopic (exact) mass is 380 g/mol. The van der Waals surface area contributed by atoms with Gasteiger partial charge in [-0.15, -0.1) is 5.54 Å². The minimum absolute atomic E-state index is 0.647. The maximum Gasteiger partial charge on any atom is 0.227 e. The van der Waals surface area contributed by atoms with Gasteiger partial charge in [0.2, 0.25) is 5.95 Å². The molecule has 1 aliphatic heterocycles. The highest BCUT2D eigenvalue weighted by molar-refractivity contribution is 6.83. The second kappa shape index (κ2) is 7.35. The van der Waals surface area contributed by atoms with Gasteiger partial charge in [0.25, 0.3) is 0 Å². The number of aromatic nitrogens is 4. The molecule has 0 unspecified atom stereocenters. The van der Waals surface area contributed by atoms with E-state index in [-0.39, 0.29) is 0 Å². The van der Waals surface area contributed by atoms with Crippen molar-refractivity contribution in [2.75, 3.05) is 23.3 Å². The van der Waals surface area contributed by atoms with Crippen LogP contribution in [0.5, 0.6) is 0 Å². The normalized spacial score (nSPS) is 17.4. The fourth-order valence-electron chi connectivity index (χ4n) is 3.19. The number of rotatable bonds is 4. The average molecular weight is 381 g/mol. The fourth-order valence-corrected chi connectivity index (χ4v) is 3.70. The third kappa shape index (κ3) is 4.69. The van der Waals surface area contributed by atoms with Crippen molar-refractivity contribution in [3.8, 4) is 11.5 Å². The number of aromatic amines is 1. The lowest BCUT2D eigenvalue weighted by molar-refractivity contribution is 0.568. The van der Waals surface area contributed by atoms with E-state index in [1.807, 2.05) is 6.20 Å². The number of piperidine rings is 1. The Labute approximate surface area is 162 Å². The molecule has 4 rings (SSSR count). The third-order valence-corrected chi connectivity index (χ3v) is 5.72. The van der Waals surface area contributed by atoms with Crippen LogP contribution in [0, 0.1) is 11.5 Å². The molecule has 0 aromatic carbocycles. The molecule has 1 saturated carbocycles. The minimum Gasteiger partial charge on any atom is -0.341 e. The van der Waals surface area contributed by atoms with Gasteiger partial charge >= 0.3 is 0 Å². The van der Waals surface area contributed by atoms with E-state index in [4.69, 9.17) is 4.98 Å². The van der Waals surface area contributed by atoms with E-state index in [1.54, 1.807) is 0 Å². The van der Waals surface area contributed by atoms with Crippen LogP contribution < -0.4 is 10.2 Å². The highest BCUT2D eigenvalue weighted by Gasteiger charge is 2.25. The molecule has 2 aliphatic rings. The van der Waals surface area contributed by atoms with Crippen molar-refractivity contribution >= 4 is 25.7 Å². The zero-order valence-corrected chi connectivity index (χ0v) is 17.5. The van der Waals surface area contributed by atoms with Crippen LogP contribution in [-0.4, -0.2) is 41.3 Å². The van der Waals surface area contributed by atoms with Crippen molar-refractivity contribution in [1.82, 2.24) is 20.2 Å². The maximum absolute atomic E-state index is 4.82. The van der Waals surface area contributed by atoms with E-state index in [0.717, 1.165) is 36.2 Å². The lowest BCUT2D eigenvalue weighted by Gasteiger charge is -2.26. The minimum atomic E-state index is -1.48. The Kier molecular flexibility index (Phi) is 4.92. The summed E-state index contributed by atoms with van der Waals surface area (Å²) in [7, 11) is -1.48. The van der Waals surface area contributed by atoms with Gasteiger partial charge in [-0.05, 0) is 32.1 Å². The molecule has 0 spiro atoms. The van der Waals surface area contributed by atoms with Crippen LogP contribution in [0.4, 0.5) is 17.6 Å². The first-order chi connectivity index (χ1) is 13.0. The Morgan fingerprint density at radius 2 is 1.96 bits per heavy atom. The summed E-state index contributed by atoms with van der Waals surface area (Å²) in [4.78, 5) is 11.7. The summed E-state index contributed by atoms with van der Waals surface area (Å²) in [6.07, 6.45) is 8.06. The SMILES string of the molecule is C[Si](C)(C)C#Cc1cnc(N2CCCCC2)nc1Nc1cc(C2CC2)[nH]n1. The Morgan fingerprint density at radius 3 is 2.67 bits per heavy atom. The van der Waals surface area contributed by atoms with E-state index in [2.05, 4.69) is 62.6 Å². The molecule has 2 aromatic heterocycles. The molecule has 0 atom stereocenters. The van der Waals surface area contributed by atoms with Gasteiger partial charge in [-0.2, -0.15) is 10.1 Å². The maximum atomic E-state index is 4.82. The Hall–Kier alpha value is -2.33. The number of H-pyrrole nitrogens is 1. The Morgan fingerprint density at radius 1 is 1.19 bits per heavy atom. The molecule has 1 aliphatic carbocycles. The van der Waals surface area contributed by atoms with Crippen LogP contribution in [0.1, 0.15) is 49.3 Å². The molecule has 0 amide bonds. The molecular formula is C20H28N6Si. The first-order valence-electron chi connectivity index (χ1n) is 9.95. The van der Waals surface area contributed by atoms with Crippen molar-refractivity contribution in [1.29, 1.82) is 0 Å². The summed E-state index contributed by atoms with van der Waals surface area (Å²) in [5, 5.41) is 10.9. The molecular weight excluding hydrogens is 352 g/mol. The van der Waals surface area contributed by atoms with Gasteiger partial charge in [-0.25, -0.2) is 4.98 Å². The van der Waals surface area contributed by atoms with E-state index < -0.39 is 8.07 Å². The lowest BCUT2D eigenvalue weighted by Crippen LogP contribution is -2.31. The van der Waals surface area contributed by atoms with Crippen molar-refractivity contribution < 1.29 is 0 Å². The number of hydrogen-bond donors (Lipinski definition) is 2. The zero-order chi connectivity index (χ0) is 18.9. The molecule has 1 saturated heterocycles. The number of hydrogen-bond acceptors (Lipinski definition) is 5.